The third-order valence-electron chi connectivity index (χ3n) is 3.08. The number of hydrogen-bond acceptors (Lipinski definition) is 2. The summed E-state index contributed by atoms with van der Waals surface area (Å²) in [6.45, 7) is 0.896. The average Bonchev–Trinajstić information content (AvgIpc) is 2.34. The summed E-state index contributed by atoms with van der Waals surface area (Å²) in [7, 11) is 0. The normalized spacial score (nSPS) is 20.2. The predicted octanol–water partition coefficient (Wildman–Crippen LogP) is 2.73. The van der Waals surface area contributed by atoms with E-state index < -0.39 is 0 Å². The second-order valence-corrected chi connectivity index (χ2v) is 4.79. The second-order valence-electron chi connectivity index (χ2n) is 4.38. The Morgan fingerprint density at radius 1 is 1.47 bits per heavy atom. The quantitative estimate of drug-likeness (QED) is 0.900. The molecular weight excluding hydrogens is 241 g/mol. The van der Waals surface area contributed by atoms with Crippen LogP contribution in [0.15, 0.2) is 18.2 Å². The first-order valence-corrected chi connectivity index (χ1v) is 6.24. The lowest BCUT2D eigenvalue weighted by Gasteiger charge is -2.22. The summed E-state index contributed by atoms with van der Waals surface area (Å²) in [5.41, 5.74) is 0.699. The lowest BCUT2D eigenvalue weighted by Crippen LogP contribution is -2.41. The molecule has 4 heteroatoms. The monoisotopic (exact) mass is 255 g/mol. The van der Waals surface area contributed by atoms with Gasteiger partial charge in [0, 0.05) is 11.4 Å². The van der Waals surface area contributed by atoms with Gasteiger partial charge in [-0.3, -0.25) is 4.79 Å². The number of nitrogens with one attached hydrogen (secondary N) is 1. The third-order valence-corrected chi connectivity index (χ3v) is 3.43. The van der Waals surface area contributed by atoms with Crippen molar-refractivity contribution in [3.05, 3.63) is 34.6 Å². The number of ketones is 1. The van der Waals surface area contributed by atoms with E-state index in [-0.39, 0.29) is 24.1 Å². The summed E-state index contributed by atoms with van der Waals surface area (Å²) in [5.74, 6) is -0.236. The van der Waals surface area contributed by atoms with Crippen molar-refractivity contribution in [1.82, 2.24) is 5.32 Å². The SMILES string of the molecule is O=C(Cc1ccc(F)cc1Cl)C1CCCCN1. The zero-order valence-electron chi connectivity index (χ0n) is 9.51. The molecule has 2 rings (SSSR count). The van der Waals surface area contributed by atoms with Crippen LogP contribution in [0.1, 0.15) is 24.8 Å². The third kappa shape index (κ3) is 3.27. The van der Waals surface area contributed by atoms with Crippen LogP contribution >= 0.6 is 11.6 Å². The van der Waals surface area contributed by atoms with Crippen LogP contribution in [-0.2, 0) is 11.2 Å². The Morgan fingerprint density at radius 3 is 2.94 bits per heavy atom. The van der Waals surface area contributed by atoms with Gasteiger partial charge in [0.05, 0.1) is 6.04 Å². The molecule has 1 N–H and O–H groups in total. The Morgan fingerprint density at radius 2 is 2.29 bits per heavy atom. The zero-order chi connectivity index (χ0) is 12.3. The van der Waals surface area contributed by atoms with E-state index in [9.17, 15) is 9.18 Å². The van der Waals surface area contributed by atoms with E-state index in [2.05, 4.69) is 5.32 Å². The molecular formula is C13H15ClFNO. The van der Waals surface area contributed by atoms with Gasteiger partial charge in [0.1, 0.15) is 5.82 Å². The number of carbonyl (C=O) groups is 1. The molecule has 1 aromatic rings. The number of benzene rings is 1. The van der Waals surface area contributed by atoms with Crippen LogP contribution < -0.4 is 5.32 Å². The van der Waals surface area contributed by atoms with Gasteiger partial charge in [-0.15, -0.1) is 0 Å². The first-order chi connectivity index (χ1) is 8.16. The molecule has 1 aliphatic rings. The summed E-state index contributed by atoms with van der Waals surface area (Å²) in [5, 5.41) is 3.53. The summed E-state index contributed by atoms with van der Waals surface area (Å²) in [4.78, 5) is 12.0. The first-order valence-electron chi connectivity index (χ1n) is 5.87. The fourth-order valence-electron chi connectivity index (χ4n) is 2.10. The molecule has 1 aromatic carbocycles. The molecule has 0 saturated carbocycles. The topological polar surface area (TPSA) is 29.1 Å². The van der Waals surface area contributed by atoms with Crippen LogP contribution in [0.3, 0.4) is 0 Å². The van der Waals surface area contributed by atoms with Crippen molar-refractivity contribution >= 4 is 17.4 Å². The Kier molecular flexibility index (Phi) is 4.13. The van der Waals surface area contributed by atoms with E-state index in [4.69, 9.17) is 11.6 Å². The molecule has 0 aliphatic carbocycles. The number of carbonyl (C=O) groups excluding carboxylic acids is 1. The van der Waals surface area contributed by atoms with Crippen molar-refractivity contribution in [3.8, 4) is 0 Å². The van der Waals surface area contributed by atoms with Crippen LogP contribution in [0.25, 0.3) is 0 Å². The molecule has 1 atom stereocenters. The van der Waals surface area contributed by atoms with Gasteiger partial charge in [-0.1, -0.05) is 24.1 Å². The number of Topliss-reactive ketones (excluding diaryl/α,β-unsaturated/α-hetero) is 1. The molecule has 92 valence electrons. The van der Waals surface area contributed by atoms with E-state index in [1.807, 2.05) is 0 Å². The van der Waals surface area contributed by atoms with Crippen molar-refractivity contribution in [2.45, 2.75) is 31.7 Å². The van der Waals surface area contributed by atoms with Gasteiger partial charge in [0.2, 0.25) is 0 Å². The number of piperidine rings is 1. The Labute approximate surface area is 105 Å². The molecule has 1 saturated heterocycles. The molecule has 0 spiro atoms. The van der Waals surface area contributed by atoms with E-state index in [1.165, 1.54) is 12.1 Å². The highest BCUT2D eigenvalue weighted by atomic mass is 35.5. The highest BCUT2D eigenvalue weighted by Gasteiger charge is 2.21. The van der Waals surface area contributed by atoms with Crippen molar-refractivity contribution < 1.29 is 9.18 Å². The molecule has 1 fully saturated rings. The summed E-state index contributed by atoms with van der Waals surface area (Å²) in [6, 6.07) is 4.10. The van der Waals surface area contributed by atoms with Crippen molar-refractivity contribution in [1.29, 1.82) is 0 Å². The number of halogens is 2. The van der Waals surface area contributed by atoms with Crippen LogP contribution in [0.2, 0.25) is 5.02 Å². The van der Waals surface area contributed by atoms with E-state index >= 15 is 0 Å². The minimum absolute atomic E-state index is 0.0649. The maximum Gasteiger partial charge on any atom is 0.154 e. The second kappa shape index (κ2) is 5.61. The lowest BCUT2D eigenvalue weighted by molar-refractivity contribution is -0.120. The largest absolute Gasteiger partial charge is 0.307 e. The summed E-state index contributed by atoms with van der Waals surface area (Å²) < 4.78 is 12.9. The molecule has 1 heterocycles. The molecule has 0 amide bonds. The van der Waals surface area contributed by atoms with Gasteiger partial charge in [-0.25, -0.2) is 4.39 Å². The molecule has 17 heavy (non-hydrogen) atoms. The number of rotatable bonds is 3. The maximum atomic E-state index is 12.9. The van der Waals surface area contributed by atoms with Gasteiger partial charge in [-0.2, -0.15) is 0 Å². The van der Waals surface area contributed by atoms with Gasteiger partial charge in [-0.05, 0) is 37.1 Å². The Bertz CT molecular complexity index is 416. The fraction of sp³-hybridized carbons (Fsp3) is 0.462. The summed E-state index contributed by atoms with van der Waals surface area (Å²) in [6.07, 6.45) is 3.37. The van der Waals surface area contributed by atoms with E-state index in [0.717, 1.165) is 25.8 Å². The van der Waals surface area contributed by atoms with Crippen molar-refractivity contribution in [2.24, 2.45) is 0 Å². The van der Waals surface area contributed by atoms with Gasteiger partial charge in [0.15, 0.2) is 5.78 Å². The first kappa shape index (κ1) is 12.5. The smallest absolute Gasteiger partial charge is 0.154 e. The fourth-order valence-corrected chi connectivity index (χ4v) is 2.34. The van der Waals surface area contributed by atoms with Crippen LogP contribution in [0, 0.1) is 5.82 Å². The van der Waals surface area contributed by atoms with Crippen molar-refractivity contribution in [3.63, 3.8) is 0 Å². The van der Waals surface area contributed by atoms with Crippen molar-refractivity contribution in [2.75, 3.05) is 6.54 Å². The Hall–Kier alpha value is -0.930. The molecule has 0 bridgehead atoms. The molecule has 1 unspecified atom stereocenters. The molecule has 1 aliphatic heterocycles. The predicted molar refractivity (Wildman–Crippen MR) is 65.8 cm³/mol. The minimum atomic E-state index is -0.373. The van der Waals surface area contributed by atoms with Gasteiger partial charge < -0.3 is 5.32 Å². The standard InChI is InChI=1S/C13H15ClFNO/c14-11-8-10(15)5-4-9(11)7-13(17)12-3-1-2-6-16-12/h4-5,8,12,16H,1-3,6-7H2. The van der Waals surface area contributed by atoms with Crippen LogP contribution in [-0.4, -0.2) is 18.4 Å². The van der Waals surface area contributed by atoms with Gasteiger partial charge >= 0.3 is 0 Å². The minimum Gasteiger partial charge on any atom is -0.307 e. The zero-order valence-corrected chi connectivity index (χ0v) is 10.3. The summed E-state index contributed by atoms with van der Waals surface area (Å²) >= 11 is 5.90. The highest BCUT2D eigenvalue weighted by Crippen LogP contribution is 2.19. The lowest BCUT2D eigenvalue weighted by atomic mass is 9.97. The van der Waals surface area contributed by atoms with E-state index in [1.54, 1.807) is 6.07 Å². The Balaban J connectivity index is 2.02. The average molecular weight is 256 g/mol. The molecule has 0 radical (unpaired) electrons. The van der Waals surface area contributed by atoms with E-state index in [0.29, 0.717) is 10.6 Å². The van der Waals surface area contributed by atoms with Crippen LogP contribution in [0.5, 0.6) is 0 Å². The highest BCUT2D eigenvalue weighted by molar-refractivity contribution is 6.31. The van der Waals surface area contributed by atoms with Crippen LogP contribution in [0.4, 0.5) is 4.39 Å². The number of hydrogen-bond donors (Lipinski definition) is 1. The molecule has 0 aromatic heterocycles. The van der Waals surface area contributed by atoms with Gasteiger partial charge in [0.25, 0.3) is 0 Å². The maximum absolute atomic E-state index is 12.9. The molecule has 2 nitrogen and oxygen atoms in total.